The zero-order valence-corrected chi connectivity index (χ0v) is 15.9. The number of piperazine rings is 1. The van der Waals surface area contributed by atoms with Crippen LogP contribution in [0.15, 0.2) is 66.4 Å². The highest BCUT2D eigenvalue weighted by molar-refractivity contribution is 7.22. The molecule has 1 aromatic heterocycles. The fourth-order valence-electron chi connectivity index (χ4n) is 3.64. The Morgan fingerprint density at radius 2 is 1.50 bits per heavy atom. The smallest absolute Gasteiger partial charge is 0.281 e. The van der Waals surface area contributed by atoms with Crippen molar-refractivity contribution in [3.8, 4) is 0 Å². The predicted molar refractivity (Wildman–Crippen MR) is 110 cm³/mol. The lowest BCUT2D eigenvalue weighted by Crippen LogP contribution is -2.47. The molecule has 3 heterocycles. The van der Waals surface area contributed by atoms with Crippen LogP contribution in [0.25, 0.3) is 10.2 Å². The van der Waals surface area contributed by atoms with E-state index < -0.39 is 0 Å². The zero-order valence-electron chi connectivity index (χ0n) is 15.1. The lowest BCUT2D eigenvalue weighted by molar-refractivity contribution is -0.120. The fourth-order valence-corrected chi connectivity index (χ4v) is 4.66. The summed E-state index contributed by atoms with van der Waals surface area (Å²) in [5.41, 5.74) is 2.11. The predicted octanol–water partition coefficient (Wildman–Crippen LogP) is 2.88. The van der Waals surface area contributed by atoms with Crippen LogP contribution in [0, 0.1) is 0 Å². The average molecular weight is 390 g/mol. The average Bonchev–Trinajstić information content (AvgIpc) is 3.29. The van der Waals surface area contributed by atoms with E-state index in [1.807, 2.05) is 41.3 Å². The van der Waals surface area contributed by atoms with E-state index in [2.05, 4.69) is 11.0 Å². The molecule has 28 heavy (non-hydrogen) atoms. The molecule has 1 fully saturated rings. The van der Waals surface area contributed by atoms with Crippen LogP contribution in [0.4, 0.5) is 10.8 Å². The van der Waals surface area contributed by atoms with Crippen molar-refractivity contribution in [2.45, 2.75) is 0 Å². The Labute approximate surface area is 166 Å². The Bertz CT molecular complexity index is 1050. The Kier molecular flexibility index (Phi) is 4.09. The molecule has 6 nitrogen and oxygen atoms in total. The molecule has 0 bridgehead atoms. The third kappa shape index (κ3) is 2.84. The van der Waals surface area contributed by atoms with Crippen LogP contribution in [0.3, 0.4) is 0 Å². The summed E-state index contributed by atoms with van der Waals surface area (Å²) >= 11 is 1.69. The number of benzene rings is 2. The molecule has 140 valence electrons. The van der Waals surface area contributed by atoms with Crippen LogP contribution in [-0.4, -0.2) is 47.9 Å². The number of carbonyl (C=O) groups is 2. The normalized spacial score (nSPS) is 17.6. The van der Waals surface area contributed by atoms with E-state index in [-0.39, 0.29) is 11.8 Å². The van der Waals surface area contributed by atoms with Crippen molar-refractivity contribution in [2.75, 3.05) is 36.0 Å². The first-order chi connectivity index (χ1) is 13.7. The van der Waals surface area contributed by atoms with Crippen molar-refractivity contribution in [3.63, 3.8) is 0 Å². The van der Waals surface area contributed by atoms with Gasteiger partial charge in [-0.3, -0.25) is 9.59 Å². The fraction of sp³-hybridized carbons (Fsp3) is 0.190. The standard InChI is InChI=1S/C21H18N4O2S/c26-19-14-17(20(27)25(19)15-6-2-1-3-7-15)23-10-12-24(13-11-23)21-22-16-8-4-5-9-18(16)28-21/h1-9,14H,10-13H2. The van der Waals surface area contributed by atoms with Gasteiger partial charge in [-0.15, -0.1) is 0 Å². The molecule has 5 rings (SSSR count). The number of anilines is 2. The third-order valence-corrected chi connectivity index (χ3v) is 6.19. The van der Waals surface area contributed by atoms with Gasteiger partial charge >= 0.3 is 0 Å². The number of carbonyl (C=O) groups excluding carboxylic acids is 2. The minimum absolute atomic E-state index is 0.246. The third-order valence-electron chi connectivity index (χ3n) is 5.09. The maximum absolute atomic E-state index is 12.9. The van der Waals surface area contributed by atoms with Crippen LogP contribution in [-0.2, 0) is 9.59 Å². The second-order valence-electron chi connectivity index (χ2n) is 6.78. The first kappa shape index (κ1) is 16.9. The molecule has 0 spiro atoms. The van der Waals surface area contributed by atoms with Crippen LogP contribution in [0.5, 0.6) is 0 Å². The van der Waals surface area contributed by atoms with Gasteiger partial charge in [0.15, 0.2) is 5.13 Å². The Balaban J connectivity index is 1.30. The molecule has 0 saturated carbocycles. The van der Waals surface area contributed by atoms with E-state index in [9.17, 15) is 9.59 Å². The summed E-state index contributed by atoms with van der Waals surface area (Å²) in [7, 11) is 0. The van der Waals surface area contributed by atoms with Crippen LogP contribution >= 0.6 is 11.3 Å². The van der Waals surface area contributed by atoms with Crippen molar-refractivity contribution in [1.82, 2.24) is 9.88 Å². The van der Waals surface area contributed by atoms with Crippen molar-refractivity contribution in [1.29, 1.82) is 0 Å². The Morgan fingerprint density at radius 1 is 0.821 bits per heavy atom. The molecule has 7 heteroatoms. The summed E-state index contributed by atoms with van der Waals surface area (Å²) in [4.78, 5) is 35.5. The van der Waals surface area contributed by atoms with Gasteiger partial charge in [0.2, 0.25) is 0 Å². The van der Waals surface area contributed by atoms with E-state index in [0.29, 0.717) is 24.5 Å². The molecule has 2 aromatic carbocycles. The monoisotopic (exact) mass is 390 g/mol. The van der Waals surface area contributed by atoms with E-state index in [4.69, 9.17) is 4.98 Å². The van der Waals surface area contributed by atoms with Gasteiger partial charge in [0, 0.05) is 32.3 Å². The van der Waals surface area contributed by atoms with Crippen molar-refractivity contribution in [2.24, 2.45) is 0 Å². The highest BCUT2D eigenvalue weighted by atomic mass is 32.1. The number of nitrogens with zero attached hydrogens (tertiary/aromatic N) is 4. The Morgan fingerprint density at radius 3 is 2.25 bits per heavy atom. The summed E-state index contributed by atoms with van der Waals surface area (Å²) in [5.74, 6) is -0.524. The molecule has 2 aliphatic rings. The van der Waals surface area contributed by atoms with Gasteiger partial charge in [0.25, 0.3) is 11.8 Å². The van der Waals surface area contributed by atoms with Crippen molar-refractivity contribution >= 4 is 44.2 Å². The van der Waals surface area contributed by atoms with Crippen molar-refractivity contribution < 1.29 is 9.59 Å². The minimum atomic E-state index is -0.278. The van der Waals surface area contributed by atoms with Gasteiger partial charge in [-0.1, -0.05) is 41.7 Å². The molecular weight excluding hydrogens is 372 g/mol. The van der Waals surface area contributed by atoms with Gasteiger partial charge in [0.1, 0.15) is 5.70 Å². The Hall–Kier alpha value is -3.19. The number of amides is 2. The van der Waals surface area contributed by atoms with Gasteiger partial charge in [-0.2, -0.15) is 0 Å². The maximum atomic E-state index is 12.9. The SMILES string of the molecule is O=C1C=C(N2CCN(c3nc4ccccc4s3)CC2)C(=O)N1c1ccccc1. The molecule has 0 aliphatic carbocycles. The topological polar surface area (TPSA) is 56.8 Å². The minimum Gasteiger partial charge on any atom is -0.363 e. The molecular formula is C21H18N4O2S. The number of hydrogen-bond acceptors (Lipinski definition) is 6. The molecule has 2 aliphatic heterocycles. The number of hydrogen-bond donors (Lipinski definition) is 0. The largest absolute Gasteiger partial charge is 0.363 e. The summed E-state index contributed by atoms with van der Waals surface area (Å²) in [6.45, 7) is 2.90. The molecule has 0 N–H and O–H groups in total. The van der Waals surface area contributed by atoms with Crippen LogP contribution < -0.4 is 9.80 Å². The molecule has 1 saturated heterocycles. The lowest BCUT2D eigenvalue weighted by atomic mass is 10.2. The summed E-state index contributed by atoms with van der Waals surface area (Å²) in [6, 6.07) is 17.2. The van der Waals surface area contributed by atoms with E-state index in [1.54, 1.807) is 23.5 Å². The zero-order chi connectivity index (χ0) is 19.1. The number of imide groups is 1. The molecule has 0 atom stereocenters. The highest BCUT2D eigenvalue weighted by Gasteiger charge is 2.36. The van der Waals surface area contributed by atoms with Gasteiger partial charge in [-0.05, 0) is 24.3 Å². The number of thiazole rings is 1. The lowest BCUT2D eigenvalue weighted by Gasteiger charge is -2.36. The number of fused-ring (bicyclic) bond motifs is 1. The van der Waals surface area contributed by atoms with Crippen LogP contribution in [0.2, 0.25) is 0 Å². The summed E-state index contributed by atoms with van der Waals surface area (Å²) < 4.78 is 1.18. The second kappa shape index (κ2) is 6.76. The number of aromatic nitrogens is 1. The number of para-hydroxylation sites is 2. The second-order valence-corrected chi connectivity index (χ2v) is 7.79. The first-order valence-corrected chi connectivity index (χ1v) is 10.0. The van der Waals surface area contributed by atoms with Gasteiger partial charge in [-0.25, -0.2) is 9.88 Å². The van der Waals surface area contributed by atoms with E-state index in [1.165, 1.54) is 15.7 Å². The van der Waals surface area contributed by atoms with Gasteiger partial charge < -0.3 is 9.80 Å². The quantitative estimate of drug-likeness (QED) is 0.644. The molecule has 0 radical (unpaired) electrons. The highest BCUT2D eigenvalue weighted by Crippen LogP contribution is 2.30. The maximum Gasteiger partial charge on any atom is 0.281 e. The van der Waals surface area contributed by atoms with Gasteiger partial charge in [0.05, 0.1) is 15.9 Å². The summed E-state index contributed by atoms with van der Waals surface area (Å²) in [6.07, 6.45) is 1.46. The number of rotatable bonds is 3. The summed E-state index contributed by atoms with van der Waals surface area (Å²) in [5, 5.41) is 1.01. The molecule has 3 aromatic rings. The van der Waals surface area contributed by atoms with E-state index in [0.717, 1.165) is 23.7 Å². The first-order valence-electron chi connectivity index (χ1n) is 9.21. The van der Waals surface area contributed by atoms with Crippen molar-refractivity contribution in [3.05, 3.63) is 66.4 Å². The molecule has 2 amide bonds. The van der Waals surface area contributed by atoms with Crippen LogP contribution in [0.1, 0.15) is 0 Å². The van der Waals surface area contributed by atoms with E-state index >= 15 is 0 Å². The molecule has 0 unspecified atom stereocenters.